The van der Waals surface area contributed by atoms with Crippen molar-refractivity contribution in [2.24, 2.45) is 5.92 Å². The summed E-state index contributed by atoms with van der Waals surface area (Å²) in [6.07, 6.45) is 15.7. The molecule has 0 saturated carbocycles. The standard InChI is InChI=1S/C14H20/c1-4-6-11-14-12(3)9-7-8-10-13(14)5-2/h4-6,8,10-12H,7,9H2,1-3H3/b6-4-,13-5-,14-11-. The van der Waals surface area contributed by atoms with E-state index in [4.69, 9.17) is 0 Å². The fourth-order valence-corrected chi connectivity index (χ4v) is 1.82. The lowest BCUT2D eigenvalue weighted by atomic mass is 9.92. The van der Waals surface area contributed by atoms with E-state index >= 15 is 0 Å². The van der Waals surface area contributed by atoms with E-state index in [9.17, 15) is 0 Å². The molecule has 0 heteroatoms. The summed E-state index contributed by atoms with van der Waals surface area (Å²) in [6, 6.07) is 0. The second-order valence-electron chi connectivity index (χ2n) is 3.77. The highest BCUT2D eigenvalue weighted by Gasteiger charge is 2.12. The summed E-state index contributed by atoms with van der Waals surface area (Å²) in [6.45, 7) is 6.48. The van der Waals surface area contributed by atoms with Gasteiger partial charge < -0.3 is 0 Å². The van der Waals surface area contributed by atoms with Crippen molar-refractivity contribution in [3.05, 3.63) is 47.6 Å². The summed E-state index contributed by atoms with van der Waals surface area (Å²) in [7, 11) is 0. The first-order valence-corrected chi connectivity index (χ1v) is 5.45. The van der Waals surface area contributed by atoms with Crippen LogP contribution in [-0.2, 0) is 0 Å². The molecule has 1 aliphatic carbocycles. The molecule has 0 aromatic heterocycles. The van der Waals surface area contributed by atoms with Gasteiger partial charge in [-0.2, -0.15) is 0 Å². The highest BCUT2D eigenvalue weighted by atomic mass is 14.2. The van der Waals surface area contributed by atoms with Crippen molar-refractivity contribution < 1.29 is 0 Å². The van der Waals surface area contributed by atoms with E-state index in [1.165, 1.54) is 24.0 Å². The minimum atomic E-state index is 0.674. The Labute approximate surface area is 87.7 Å². The van der Waals surface area contributed by atoms with Gasteiger partial charge in [-0.3, -0.25) is 0 Å². The van der Waals surface area contributed by atoms with E-state index in [-0.39, 0.29) is 0 Å². The predicted molar refractivity (Wildman–Crippen MR) is 64.2 cm³/mol. The molecule has 1 unspecified atom stereocenters. The first-order chi connectivity index (χ1) is 6.79. The van der Waals surface area contributed by atoms with Gasteiger partial charge in [0.2, 0.25) is 0 Å². The molecule has 1 atom stereocenters. The van der Waals surface area contributed by atoms with Gasteiger partial charge in [-0.05, 0) is 43.8 Å². The third-order valence-corrected chi connectivity index (χ3v) is 2.71. The van der Waals surface area contributed by atoms with Crippen LogP contribution in [0.1, 0.15) is 33.6 Å². The van der Waals surface area contributed by atoms with Gasteiger partial charge in [0.15, 0.2) is 0 Å². The molecule has 0 spiro atoms. The second kappa shape index (κ2) is 5.64. The van der Waals surface area contributed by atoms with Crippen molar-refractivity contribution in [1.29, 1.82) is 0 Å². The molecule has 0 amide bonds. The molecule has 0 radical (unpaired) electrons. The zero-order chi connectivity index (χ0) is 10.4. The Morgan fingerprint density at radius 3 is 2.79 bits per heavy atom. The van der Waals surface area contributed by atoms with Crippen molar-refractivity contribution in [2.45, 2.75) is 33.6 Å². The van der Waals surface area contributed by atoms with E-state index in [0.717, 1.165) is 0 Å². The van der Waals surface area contributed by atoms with Crippen LogP contribution in [-0.4, -0.2) is 0 Å². The van der Waals surface area contributed by atoms with Crippen molar-refractivity contribution in [3.63, 3.8) is 0 Å². The molecule has 0 aromatic rings. The molecule has 1 rings (SSSR count). The lowest BCUT2D eigenvalue weighted by Gasteiger charge is -2.13. The fraction of sp³-hybridized carbons (Fsp3) is 0.429. The van der Waals surface area contributed by atoms with Crippen LogP contribution in [0.4, 0.5) is 0 Å². The van der Waals surface area contributed by atoms with Gasteiger partial charge in [0, 0.05) is 0 Å². The van der Waals surface area contributed by atoms with Crippen molar-refractivity contribution in [3.8, 4) is 0 Å². The topological polar surface area (TPSA) is 0 Å². The predicted octanol–water partition coefficient (Wildman–Crippen LogP) is 4.42. The molecule has 0 bridgehead atoms. The Bertz CT molecular complexity index is 287. The monoisotopic (exact) mass is 188 g/mol. The van der Waals surface area contributed by atoms with E-state index in [0.29, 0.717) is 5.92 Å². The van der Waals surface area contributed by atoms with Crippen LogP contribution in [0.25, 0.3) is 0 Å². The molecular weight excluding hydrogens is 168 g/mol. The molecule has 0 N–H and O–H groups in total. The van der Waals surface area contributed by atoms with Crippen LogP contribution >= 0.6 is 0 Å². The Hall–Kier alpha value is -1.04. The maximum absolute atomic E-state index is 2.31. The number of rotatable bonds is 1. The molecule has 0 saturated heterocycles. The van der Waals surface area contributed by atoms with Crippen molar-refractivity contribution >= 4 is 0 Å². The highest BCUT2D eigenvalue weighted by Crippen LogP contribution is 2.28. The van der Waals surface area contributed by atoms with Crippen LogP contribution in [0, 0.1) is 5.92 Å². The van der Waals surface area contributed by atoms with Gasteiger partial charge in [0.1, 0.15) is 0 Å². The number of hydrogen-bond donors (Lipinski definition) is 0. The van der Waals surface area contributed by atoms with Crippen LogP contribution in [0.2, 0.25) is 0 Å². The maximum Gasteiger partial charge on any atom is -0.0182 e. The van der Waals surface area contributed by atoms with Crippen LogP contribution in [0.3, 0.4) is 0 Å². The van der Waals surface area contributed by atoms with Crippen molar-refractivity contribution in [2.75, 3.05) is 0 Å². The third kappa shape index (κ3) is 2.73. The van der Waals surface area contributed by atoms with Gasteiger partial charge in [-0.1, -0.05) is 43.4 Å². The molecule has 0 heterocycles. The normalized spacial score (nSPS) is 28.9. The van der Waals surface area contributed by atoms with Gasteiger partial charge in [0.25, 0.3) is 0 Å². The Morgan fingerprint density at radius 1 is 1.36 bits per heavy atom. The van der Waals surface area contributed by atoms with Gasteiger partial charge >= 0.3 is 0 Å². The smallest absolute Gasteiger partial charge is 0.0182 e. The van der Waals surface area contributed by atoms with Crippen LogP contribution in [0.15, 0.2) is 47.6 Å². The van der Waals surface area contributed by atoms with E-state index < -0.39 is 0 Å². The lowest BCUT2D eigenvalue weighted by Crippen LogP contribution is -1.98. The summed E-state index contributed by atoms with van der Waals surface area (Å²) in [5.74, 6) is 0.674. The molecule has 0 fully saturated rings. The lowest BCUT2D eigenvalue weighted by molar-refractivity contribution is 0.637. The van der Waals surface area contributed by atoms with Gasteiger partial charge in [0.05, 0.1) is 0 Å². The third-order valence-electron chi connectivity index (χ3n) is 2.71. The average Bonchev–Trinajstić information content (AvgIpc) is 2.37. The highest BCUT2D eigenvalue weighted by molar-refractivity contribution is 5.43. The summed E-state index contributed by atoms with van der Waals surface area (Å²) >= 11 is 0. The Morgan fingerprint density at radius 2 is 2.14 bits per heavy atom. The summed E-state index contributed by atoms with van der Waals surface area (Å²) in [5.41, 5.74) is 2.85. The number of hydrogen-bond acceptors (Lipinski definition) is 0. The molecule has 0 nitrogen and oxygen atoms in total. The zero-order valence-electron chi connectivity index (χ0n) is 9.46. The zero-order valence-corrected chi connectivity index (χ0v) is 9.46. The molecule has 0 aromatic carbocycles. The fourth-order valence-electron chi connectivity index (χ4n) is 1.82. The van der Waals surface area contributed by atoms with E-state index in [1.54, 1.807) is 0 Å². The molecule has 76 valence electrons. The van der Waals surface area contributed by atoms with Crippen LogP contribution in [0.5, 0.6) is 0 Å². The molecule has 14 heavy (non-hydrogen) atoms. The minimum Gasteiger partial charge on any atom is -0.0877 e. The second-order valence-corrected chi connectivity index (χ2v) is 3.77. The molecular formula is C14H20. The maximum atomic E-state index is 2.31. The van der Waals surface area contributed by atoms with Crippen LogP contribution < -0.4 is 0 Å². The van der Waals surface area contributed by atoms with Gasteiger partial charge in [-0.15, -0.1) is 0 Å². The first kappa shape index (κ1) is 11.0. The largest absolute Gasteiger partial charge is 0.0877 e. The summed E-state index contributed by atoms with van der Waals surface area (Å²) < 4.78 is 0. The first-order valence-electron chi connectivity index (χ1n) is 5.45. The van der Waals surface area contributed by atoms with E-state index in [1.807, 2.05) is 0 Å². The summed E-state index contributed by atoms with van der Waals surface area (Å²) in [5, 5.41) is 0. The Kier molecular flexibility index (Phi) is 4.45. The summed E-state index contributed by atoms with van der Waals surface area (Å²) in [4.78, 5) is 0. The van der Waals surface area contributed by atoms with Gasteiger partial charge in [-0.25, -0.2) is 0 Å². The molecule has 0 aliphatic heterocycles. The Balaban J connectivity index is 2.99. The number of allylic oxidation sites excluding steroid dienone is 8. The van der Waals surface area contributed by atoms with Crippen molar-refractivity contribution in [1.82, 2.24) is 0 Å². The average molecular weight is 188 g/mol. The molecule has 1 aliphatic rings. The SMILES string of the molecule is C\C=C/C=C1\C(=C/C)C=CCCC1C. The van der Waals surface area contributed by atoms with E-state index in [2.05, 4.69) is 57.2 Å². The quantitative estimate of drug-likeness (QED) is 0.571. The minimum absolute atomic E-state index is 0.674.